The van der Waals surface area contributed by atoms with E-state index in [4.69, 9.17) is 23.7 Å². The molecule has 1 aromatic carbocycles. The summed E-state index contributed by atoms with van der Waals surface area (Å²) in [7, 11) is -4.65. The van der Waals surface area contributed by atoms with E-state index in [0.29, 0.717) is 24.8 Å². The van der Waals surface area contributed by atoms with Crippen LogP contribution in [0.4, 0.5) is 0 Å². The molecule has 3 rings (SSSR count). The number of amides is 4. The zero-order valence-electron chi connectivity index (χ0n) is 28.7. The quantitative estimate of drug-likeness (QED) is 0.0335. The van der Waals surface area contributed by atoms with Crippen molar-refractivity contribution < 1.29 is 80.7 Å². The molecule has 2 aliphatic heterocycles. The van der Waals surface area contributed by atoms with Gasteiger partial charge in [0.25, 0.3) is 21.9 Å². The molecule has 6 N–H and O–H groups in total. The molecule has 2 heterocycles. The first kappa shape index (κ1) is 42.7. The number of benzene rings is 1. The lowest BCUT2D eigenvalue weighted by atomic mass is 10.0. The Labute approximate surface area is 304 Å². The molecule has 5 atom stereocenters. The van der Waals surface area contributed by atoms with Crippen molar-refractivity contribution in [3.63, 3.8) is 0 Å². The largest absolute Gasteiger partial charge is 0.491 e. The number of unbranched alkanes of at least 4 members (excludes halogenated alkanes) is 2. The zero-order chi connectivity index (χ0) is 39.1. The number of hydrogen-bond donors (Lipinski definition) is 6. The van der Waals surface area contributed by atoms with Crippen molar-refractivity contribution in [3.8, 4) is 11.5 Å². The molecule has 21 heteroatoms. The molecule has 4 unspecified atom stereocenters. The molecule has 294 valence electrons. The number of aliphatic hydroxyl groups excluding tert-OH is 2. The Balaban J connectivity index is 1.42. The van der Waals surface area contributed by atoms with Gasteiger partial charge in [0.2, 0.25) is 18.1 Å². The maximum absolute atomic E-state index is 12.6. The van der Waals surface area contributed by atoms with Gasteiger partial charge in [-0.25, -0.2) is 4.79 Å². The van der Waals surface area contributed by atoms with E-state index < -0.39 is 82.1 Å². The number of aliphatic carboxylic acids is 1. The highest BCUT2D eigenvalue weighted by atomic mass is 32.2. The summed E-state index contributed by atoms with van der Waals surface area (Å²) in [6.45, 7) is 1.04. The monoisotopic (exact) mass is 773 g/mol. The first-order chi connectivity index (χ1) is 25.0. The van der Waals surface area contributed by atoms with Gasteiger partial charge < -0.3 is 49.6 Å². The van der Waals surface area contributed by atoms with Gasteiger partial charge in [0.15, 0.2) is 6.10 Å². The lowest BCUT2D eigenvalue weighted by Crippen LogP contribution is -2.53. The van der Waals surface area contributed by atoms with Gasteiger partial charge in [-0.2, -0.15) is 8.42 Å². The van der Waals surface area contributed by atoms with Crippen LogP contribution in [-0.4, -0.2) is 138 Å². The van der Waals surface area contributed by atoms with Crippen LogP contribution >= 0.6 is 0 Å². The van der Waals surface area contributed by atoms with E-state index in [1.54, 1.807) is 0 Å². The lowest BCUT2D eigenvalue weighted by Gasteiger charge is -2.35. The van der Waals surface area contributed by atoms with Crippen molar-refractivity contribution >= 4 is 45.7 Å². The van der Waals surface area contributed by atoms with Crippen LogP contribution in [0.15, 0.2) is 30.4 Å². The molecule has 1 aromatic rings. The molecule has 1 fully saturated rings. The number of carbonyl (C=O) groups excluding carboxylic acids is 5. The molecular weight excluding hydrogens is 730 g/mol. The fourth-order valence-corrected chi connectivity index (χ4v) is 5.68. The number of aliphatic hydroxyl groups is 2. The van der Waals surface area contributed by atoms with Gasteiger partial charge in [0.05, 0.1) is 19.3 Å². The Morgan fingerprint density at radius 1 is 1.04 bits per heavy atom. The summed E-state index contributed by atoms with van der Waals surface area (Å²) in [4.78, 5) is 72.0. The minimum atomic E-state index is -4.65. The van der Waals surface area contributed by atoms with Crippen LogP contribution < -0.4 is 20.1 Å². The predicted octanol–water partition coefficient (Wildman–Crippen LogP) is -1.58. The number of nitrogens with zero attached hydrogens (tertiary/aromatic N) is 1. The molecule has 0 bridgehead atoms. The van der Waals surface area contributed by atoms with Gasteiger partial charge >= 0.3 is 11.9 Å². The van der Waals surface area contributed by atoms with Crippen LogP contribution in [-0.2, 0) is 59.7 Å². The van der Waals surface area contributed by atoms with Crippen LogP contribution in [0.5, 0.6) is 11.5 Å². The average molecular weight is 774 g/mol. The number of carboxylic acid groups (broad SMARTS) is 1. The number of rotatable bonds is 22. The summed E-state index contributed by atoms with van der Waals surface area (Å²) in [6.07, 6.45) is -2.90. The van der Waals surface area contributed by atoms with E-state index in [-0.39, 0.29) is 63.9 Å². The molecule has 1 saturated heterocycles. The molecule has 53 heavy (non-hydrogen) atoms. The summed E-state index contributed by atoms with van der Waals surface area (Å²) in [5.41, 5.74) is 0.363. The second-order valence-electron chi connectivity index (χ2n) is 11.9. The van der Waals surface area contributed by atoms with Crippen LogP contribution in [0.3, 0.4) is 0 Å². The van der Waals surface area contributed by atoms with Gasteiger partial charge in [0, 0.05) is 56.6 Å². The number of imide groups is 1. The van der Waals surface area contributed by atoms with Crippen molar-refractivity contribution in [2.75, 3.05) is 38.7 Å². The molecule has 2 aliphatic rings. The van der Waals surface area contributed by atoms with E-state index in [0.717, 1.165) is 4.90 Å². The van der Waals surface area contributed by atoms with Crippen molar-refractivity contribution in [1.29, 1.82) is 0 Å². The zero-order valence-corrected chi connectivity index (χ0v) is 29.5. The van der Waals surface area contributed by atoms with E-state index in [1.807, 2.05) is 0 Å². The number of esters is 1. The highest BCUT2D eigenvalue weighted by Gasteiger charge is 2.42. The Morgan fingerprint density at radius 2 is 1.75 bits per heavy atom. The number of carbonyl (C=O) groups is 6. The minimum absolute atomic E-state index is 0.00836. The molecule has 0 saturated carbocycles. The van der Waals surface area contributed by atoms with Crippen molar-refractivity contribution in [2.24, 2.45) is 0 Å². The topological polar surface area (TPSA) is 291 Å². The van der Waals surface area contributed by atoms with Crippen LogP contribution in [0.25, 0.3) is 0 Å². The van der Waals surface area contributed by atoms with Crippen LogP contribution in [0, 0.1) is 0 Å². The van der Waals surface area contributed by atoms with E-state index in [2.05, 4.69) is 10.6 Å². The smallest absolute Gasteiger partial charge is 0.335 e. The van der Waals surface area contributed by atoms with E-state index in [9.17, 15) is 57.1 Å². The normalized spacial score (nSPS) is 20.5. The Bertz CT molecular complexity index is 1600. The molecule has 4 amide bonds. The third kappa shape index (κ3) is 14.7. The molecular formula is C32H43N3O17S. The van der Waals surface area contributed by atoms with Gasteiger partial charge in [0.1, 0.15) is 42.6 Å². The SMILES string of the molecule is CC(=O)OCc1ccc(OCCOCCNC(=O)C(CS(=O)(=O)O)NC(=O)CCCCCN2C(=O)C=CC2=O)cc1OC1CC(O)[C@H](O)C(C(=O)O)O1. The lowest BCUT2D eigenvalue weighted by molar-refractivity contribution is -0.228. The summed E-state index contributed by atoms with van der Waals surface area (Å²) in [5.74, 6) is -5.14. The van der Waals surface area contributed by atoms with Crippen molar-refractivity contribution in [3.05, 3.63) is 35.9 Å². The Morgan fingerprint density at radius 3 is 2.42 bits per heavy atom. The fourth-order valence-electron chi connectivity index (χ4n) is 5.03. The summed E-state index contributed by atoms with van der Waals surface area (Å²) < 4.78 is 59.4. The maximum atomic E-state index is 12.6. The maximum Gasteiger partial charge on any atom is 0.335 e. The van der Waals surface area contributed by atoms with Crippen LogP contribution in [0.1, 0.15) is 44.6 Å². The summed E-state index contributed by atoms with van der Waals surface area (Å²) in [6, 6.07) is 2.88. The summed E-state index contributed by atoms with van der Waals surface area (Å²) in [5, 5.41) is 34.0. The van der Waals surface area contributed by atoms with Crippen LogP contribution in [0.2, 0.25) is 0 Å². The first-order valence-corrected chi connectivity index (χ1v) is 18.1. The van der Waals surface area contributed by atoms with Gasteiger partial charge in [-0.1, -0.05) is 6.42 Å². The summed E-state index contributed by atoms with van der Waals surface area (Å²) >= 11 is 0. The van der Waals surface area contributed by atoms with E-state index >= 15 is 0 Å². The molecule has 20 nitrogen and oxygen atoms in total. The third-order valence-electron chi connectivity index (χ3n) is 7.67. The van der Waals surface area contributed by atoms with Gasteiger partial charge in [-0.05, 0) is 25.0 Å². The second-order valence-corrected chi connectivity index (χ2v) is 13.4. The Hall–Kier alpha value is -4.67. The number of ether oxygens (including phenoxy) is 5. The van der Waals surface area contributed by atoms with Gasteiger partial charge in [-0.15, -0.1) is 0 Å². The molecule has 0 spiro atoms. The molecule has 0 aromatic heterocycles. The highest BCUT2D eigenvalue weighted by Crippen LogP contribution is 2.30. The number of hydrogen-bond acceptors (Lipinski definition) is 15. The number of nitrogens with one attached hydrogen (secondary N) is 2. The average Bonchev–Trinajstić information content (AvgIpc) is 3.40. The van der Waals surface area contributed by atoms with Gasteiger partial charge in [-0.3, -0.25) is 33.4 Å². The standard InChI is InChI=1S/C32H43N3O17S/c1-19(36)50-17-20-6-7-21(15-24(20)51-28-16-23(37)29(41)30(52-28)32(43)44)49-14-13-48-12-10-33-31(42)22(18-53(45,46)47)34-25(38)5-3-2-4-11-35-26(39)8-9-27(35)40/h6-9,15,22-23,28-30,37,41H,2-5,10-14,16-18H2,1H3,(H,33,42)(H,34,38)(H,43,44)(H,45,46,47)/t22?,23?,28?,29-,30?/m0/s1. The molecule has 0 radical (unpaired) electrons. The predicted molar refractivity (Wildman–Crippen MR) is 177 cm³/mol. The second kappa shape index (κ2) is 20.5. The first-order valence-electron chi connectivity index (χ1n) is 16.5. The van der Waals surface area contributed by atoms with Crippen molar-refractivity contribution in [2.45, 2.75) is 76.3 Å². The highest BCUT2D eigenvalue weighted by molar-refractivity contribution is 7.85. The fraction of sp³-hybridized carbons (Fsp3) is 0.562. The third-order valence-corrected chi connectivity index (χ3v) is 8.42. The number of carboxylic acids is 1. The minimum Gasteiger partial charge on any atom is -0.491 e. The van der Waals surface area contributed by atoms with Crippen molar-refractivity contribution in [1.82, 2.24) is 15.5 Å². The Kier molecular flexibility index (Phi) is 16.6. The van der Waals surface area contributed by atoms with E-state index in [1.165, 1.54) is 37.3 Å². The molecule has 0 aliphatic carbocycles.